The van der Waals surface area contributed by atoms with Crippen molar-refractivity contribution in [1.82, 2.24) is 20.4 Å². The van der Waals surface area contributed by atoms with Crippen molar-refractivity contribution in [2.45, 2.75) is 18.1 Å². The molecule has 1 aliphatic rings. The highest BCUT2D eigenvalue weighted by Gasteiger charge is 2.18. The molecule has 25 heavy (non-hydrogen) atoms. The average Bonchev–Trinajstić information content (AvgIpc) is 3.30. The van der Waals surface area contributed by atoms with Crippen LogP contribution in [0.3, 0.4) is 0 Å². The van der Waals surface area contributed by atoms with Crippen molar-refractivity contribution in [2.75, 3.05) is 25.4 Å². The largest absolute Gasteiger partial charge is 0.411 e. The molecule has 1 fully saturated rings. The minimum Gasteiger partial charge on any atom is -0.411 e. The van der Waals surface area contributed by atoms with Crippen molar-refractivity contribution in [3.63, 3.8) is 0 Å². The van der Waals surface area contributed by atoms with Crippen LogP contribution in [0.25, 0.3) is 11.5 Å². The van der Waals surface area contributed by atoms with Crippen molar-refractivity contribution in [1.29, 1.82) is 0 Å². The summed E-state index contributed by atoms with van der Waals surface area (Å²) in [7, 11) is 0. The molecule has 2 aromatic rings. The standard InChI is InChI=1S/C16H17ClN4O3S/c17-12-6-2-1-5-11(12)15-19-20-16(24-15)25-10-13(22)18-9-14(23)21-7-3-4-8-21/h1-2,5-6H,3-4,7-10H2,(H,18,22). The zero-order chi connectivity index (χ0) is 17.6. The Kier molecular flexibility index (Phi) is 5.93. The van der Waals surface area contributed by atoms with Gasteiger partial charge in [-0.3, -0.25) is 9.59 Å². The Hall–Kier alpha value is -2.06. The van der Waals surface area contributed by atoms with Crippen LogP contribution in [0.4, 0.5) is 0 Å². The molecule has 0 radical (unpaired) electrons. The van der Waals surface area contributed by atoms with Gasteiger partial charge in [0.2, 0.25) is 17.7 Å². The van der Waals surface area contributed by atoms with Gasteiger partial charge < -0.3 is 14.6 Å². The van der Waals surface area contributed by atoms with Gasteiger partial charge >= 0.3 is 0 Å². The van der Waals surface area contributed by atoms with Crippen LogP contribution in [0.2, 0.25) is 5.02 Å². The second-order valence-corrected chi connectivity index (χ2v) is 6.84. The molecule has 1 aliphatic heterocycles. The van der Waals surface area contributed by atoms with Crippen LogP contribution < -0.4 is 5.32 Å². The number of hydrogen-bond acceptors (Lipinski definition) is 6. The molecule has 0 spiro atoms. The molecule has 0 aliphatic carbocycles. The first-order valence-electron chi connectivity index (χ1n) is 7.89. The van der Waals surface area contributed by atoms with E-state index in [1.54, 1.807) is 17.0 Å². The number of hydrogen-bond donors (Lipinski definition) is 1. The molecule has 0 bridgehead atoms. The number of halogens is 1. The number of nitrogens with zero attached hydrogens (tertiary/aromatic N) is 3. The van der Waals surface area contributed by atoms with Crippen LogP contribution in [-0.2, 0) is 9.59 Å². The number of benzene rings is 1. The smallest absolute Gasteiger partial charge is 0.277 e. The lowest BCUT2D eigenvalue weighted by Crippen LogP contribution is -2.39. The van der Waals surface area contributed by atoms with Crippen LogP contribution >= 0.6 is 23.4 Å². The van der Waals surface area contributed by atoms with E-state index in [1.807, 2.05) is 12.1 Å². The summed E-state index contributed by atoms with van der Waals surface area (Å²) >= 11 is 7.20. The molecule has 7 nitrogen and oxygen atoms in total. The third kappa shape index (κ3) is 4.73. The highest BCUT2D eigenvalue weighted by atomic mass is 35.5. The monoisotopic (exact) mass is 380 g/mol. The Balaban J connectivity index is 1.46. The fourth-order valence-electron chi connectivity index (χ4n) is 2.44. The second-order valence-electron chi connectivity index (χ2n) is 5.51. The lowest BCUT2D eigenvalue weighted by atomic mass is 10.2. The number of amides is 2. The van der Waals surface area contributed by atoms with Crippen molar-refractivity contribution in [3.8, 4) is 11.5 Å². The SMILES string of the molecule is O=C(CSc1nnc(-c2ccccc2Cl)o1)NCC(=O)N1CCCC1. The number of carbonyl (C=O) groups is 2. The van der Waals surface area contributed by atoms with E-state index in [1.165, 1.54) is 0 Å². The summed E-state index contributed by atoms with van der Waals surface area (Å²) in [4.78, 5) is 25.5. The van der Waals surface area contributed by atoms with E-state index in [-0.39, 0.29) is 29.3 Å². The zero-order valence-corrected chi connectivity index (χ0v) is 15.0. The Morgan fingerprint density at radius 3 is 2.76 bits per heavy atom. The highest BCUT2D eigenvalue weighted by molar-refractivity contribution is 7.99. The van der Waals surface area contributed by atoms with E-state index in [0.29, 0.717) is 16.5 Å². The summed E-state index contributed by atoms with van der Waals surface area (Å²) in [6.07, 6.45) is 2.06. The molecule has 9 heteroatoms. The maximum Gasteiger partial charge on any atom is 0.277 e. The molecule has 1 aromatic carbocycles. The molecule has 2 amide bonds. The van der Waals surface area contributed by atoms with Gasteiger partial charge in [-0.25, -0.2) is 0 Å². The van der Waals surface area contributed by atoms with Gasteiger partial charge in [0.1, 0.15) is 0 Å². The molecule has 0 unspecified atom stereocenters. The first-order valence-corrected chi connectivity index (χ1v) is 9.25. The third-order valence-electron chi connectivity index (χ3n) is 3.73. The third-order valence-corrected chi connectivity index (χ3v) is 4.88. The van der Waals surface area contributed by atoms with Gasteiger partial charge in [0.15, 0.2) is 0 Å². The fourth-order valence-corrected chi connectivity index (χ4v) is 3.25. The van der Waals surface area contributed by atoms with E-state index < -0.39 is 0 Å². The van der Waals surface area contributed by atoms with Crippen molar-refractivity contribution >= 4 is 35.2 Å². The van der Waals surface area contributed by atoms with Gasteiger partial charge in [-0.1, -0.05) is 35.5 Å². The Labute approximate surface area is 154 Å². The molecule has 1 aromatic heterocycles. The summed E-state index contributed by atoms with van der Waals surface area (Å²) in [6, 6.07) is 7.15. The number of rotatable bonds is 6. The van der Waals surface area contributed by atoms with Gasteiger partial charge in [-0.15, -0.1) is 10.2 Å². The molecule has 1 N–H and O–H groups in total. The zero-order valence-electron chi connectivity index (χ0n) is 13.4. The summed E-state index contributed by atoms with van der Waals surface area (Å²) in [5.41, 5.74) is 0.643. The Morgan fingerprint density at radius 2 is 2.00 bits per heavy atom. The van der Waals surface area contributed by atoms with Crippen LogP contribution in [-0.4, -0.2) is 52.3 Å². The molecular weight excluding hydrogens is 364 g/mol. The maximum atomic E-state index is 11.9. The van der Waals surface area contributed by atoms with E-state index >= 15 is 0 Å². The van der Waals surface area contributed by atoms with Crippen LogP contribution in [0.1, 0.15) is 12.8 Å². The van der Waals surface area contributed by atoms with E-state index in [4.69, 9.17) is 16.0 Å². The minimum atomic E-state index is -0.255. The number of aromatic nitrogens is 2. The molecule has 132 valence electrons. The topological polar surface area (TPSA) is 88.3 Å². The van der Waals surface area contributed by atoms with Gasteiger partial charge in [0.05, 0.1) is 22.9 Å². The number of nitrogens with one attached hydrogen (secondary N) is 1. The summed E-state index contributed by atoms with van der Waals surface area (Å²) in [6.45, 7) is 1.57. The molecule has 0 atom stereocenters. The van der Waals surface area contributed by atoms with E-state index in [9.17, 15) is 9.59 Å². The van der Waals surface area contributed by atoms with Gasteiger partial charge in [-0.2, -0.15) is 0 Å². The molecular formula is C16H17ClN4O3S. The molecule has 0 saturated carbocycles. The Bertz CT molecular complexity index is 761. The van der Waals surface area contributed by atoms with Gasteiger partial charge in [-0.05, 0) is 25.0 Å². The normalized spacial score (nSPS) is 13.9. The first-order chi connectivity index (χ1) is 12.1. The van der Waals surface area contributed by atoms with Crippen molar-refractivity contribution in [2.24, 2.45) is 0 Å². The predicted molar refractivity (Wildman–Crippen MR) is 94.3 cm³/mol. The van der Waals surface area contributed by atoms with Crippen LogP contribution in [0.15, 0.2) is 33.9 Å². The number of likely N-dealkylation sites (tertiary alicyclic amines) is 1. The van der Waals surface area contributed by atoms with E-state index in [0.717, 1.165) is 37.7 Å². The van der Waals surface area contributed by atoms with Crippen LogP contribution in [0, 0.1) is 0 Å². The minimum absolute atomic E-state index is 0.0219. The lowest BCUT2D eigenvalue weighted by Gasteiger charge is -2.15. The predicted octanol–water partition coefficient (Wildman–Crippen LogP) is 2.22. The van der Waals surface area contributed by atoms with Crippen molar-refractivity contribution in [3.05, 3.63) is 29.3 Å². The molecule has 2 heterocycles. The molecule has 1 saturated heterocycles. The summed E-state index contributed by atoms with van der Waals surface area (Å²) in [5.74, 6) is 0.0969. The second kappa shape index (κ2) is 8.35. The van der Waals surface area contributed by atoms with Crippen molar-refractivity contribution < 1.29 is 14.0 Å². The fraction of sp³-hybridized carbons (Fsp3) is 0.375. The molecule has 3 rings (SSSR count). The first kappa shape index (κ1) is 17.8. The summed E-state index contributed by atoms with van der Waals surface area (Å²) in [5, 5.41) is 11.2. The number of carbonyl (C=O) groups excluding carboxylic acids is 2. The quantitative estimate of drug-likeness (QED) is 0.773. The van der Waals surface area contributed by atoms with Gasteiger partial charge in [0.25, 0.3) is 5.22 Å². The number of thioether (sulfide) groups is 1. The average molecular weight is 381 g/mol. The lowest BCUT2D eigenvalue weighted by molar-refractivity contribution is -0.131. The Morgan fingerprint density at radius 1 is 1.24 bits per heavy atom. The van der Waals surface area contributed by atoms with E-state index in [2.05, 4.69) is 15.5 Å². The van der Waals surface area contributed by atoms with Gasteiger partial charge in [0, 0.05) is 13.1 Å². The highest BCUT2D eigenvalue weighted by Crippen LogP contribution is 2.28. The maximum absolute atomic E-state index is 11.9. The summed E-state index contributed by atoms with van der Waals surface area (Å²) < 4.78 is 5.51. The van der Waals surface area contributed by atoms with Crippen LogP contribution in [0.5, 0.6) is 0 Å².